The Balaban J connectivity index is 1.48. The third-order valence-electron chi connectivity index (χ3n) is 4.61. The Bertz CT molecular complexity index is 653. The number of methoxy groups -OCH3 is 1. The number of rotatable bonds is 8. The molecule has 0 aliphatic carbocycles. The van der Waals surface area contributed by atoms with Gasteiger partial charge < -0.3 is 19.0 Å². The number of piperidine rings is 1. The molecule has 25 heavy (non-hydrogen) atoms. The van der Waals surface area contributed by atoms with Crippen LogP contribution < -0.4 is 5.32 Å². The number of carbonyl (C=O) groups is 1. The van der Waals surface area contributed by atoms with Crippen LogP contribution in [0, 0.1) is 5.92 Å². The third kappa shape index (κ3) is 4.93. The predicted octanol–water partition coefficient (Wildman–Crippen LogP) is 1.65. The van der Waals surface area contributed by atoms with Crippen molar-refractivity contribution < 1.29 is 13.9 Å². The van der Waals surface area contributed by atoms with E-state index in [0.29, 0.717) is 13.2 Å². The summed E-state index contributed by atoms with van der Waals surface area (Å²) in [5, 5.41) is 3.06. The minimum Gasteiger partial charge on any atom is -0.468 e. The van der Waals surface area contributed by atoms with Gasteiger partial charge in [-0.2, -0.15) is 0 Å². The Morgan fingerprint density at radius 1 is 1.52 bits per heavy atom. The Hall–Kier alpha value is -2.12. The molecule has 7 nitrogen and oxygen atoms in total. The number of amides is 1. The highest BCUT2D eigenvalue weighted by Gasteiger charge is 2.26. The van der Waals surface area contributed by atoms with Crippen molar-refractivity contribution in [2.24, 2.45) is 5.92 Å². The fraction of sp³-hybridized carbons (Fsp3) is 0.556. The van der Waals surface area contributed by atoms with Crippen LogP contribution in [-0.2, 0) is 29.2 Å². The fourth-order valence-electron chi connectivity index (χ4n) is 3.24. The molecule has 0 aromatic carbocycles. The predicted molar refractivity (Wildman–Crippen MR) is 92.7 cm³/mol. The summed E-state index contributed by atoms with van der Waals surface area (Å²) in [5.41, 5.74) is 0.994. The molecule has 1 saturated heterocycles. The molecule has 2 aromatic heterocycles. The molecule has 1 aliphatic heterocycles. The van der Waals surface area contributed by atoms with Crippen molar-refractivity contribution in [2.45, 2.75) is 32.5 Å². The Morgan fingerprint density at radius 2 is 2.44 bits per heavy atom. The van der Waals surface area contributed by atoms with Crippen LogP contribution in [0.5, 0.6) is 0 Å². The molecule has 3 heterocycles. The fourth-order valence-corrected chi connectivity index (χ4v) is 3.24. The van der Waals surface area contributed by atoms with Crippen molar-refractivity contribution in [2.75, 3.05) is 26.8 Å². The quantitative estimate of drug-likeness (QED) is 0.787. The standard InChI is InChI=1S/C18H26N4O3/c1-24-9-7-22-14-19-10-16(22)11-20-18(23)15-4-2-6-21(12-15)13-17-5-3-8-25-17/h3,5,8,10,14-15H,2,4,6-7,9,11-13H2,1H3,(H,20,23)/t15-/m0/s1. The van der Waals surface area contributed by atoms with Gasteiger partial charge in [0.2, 0.25) is 5.91 Å². The second kappa shape index (κ2) is 8.82. The first-order valence-electron chi connectivity index (χ1n) is 8.76. The monoisotopic (exact) mass is 346 g/mol. The molecular formula is C18H26N4O3. The Kier molecular flexibility index (Phi) is 6.25. The summed E-state index contributed by atoms with van der Waals surface area (Å²) in [4.78, 5) is 19.0. The smallest absolute Gasteiger partial charge is 0.224 e. The minimum atomic E-state index is 0.0269. The number of nitrogens with zero attached hydrogens (tertiary/aromatic N) is 3. The van der Waals surface area contributed by atoms with Crippen LogP contribution in [0.1, 0.15) is 24.3 Å². The van der Waals surface area contributed by atoms with Gasteiger partial charge in [0.15, 0.2) is 0 Å². The number of furan rings is 1. The molecule has 0 spiro atoms. The molecule has 0 saturated carbocycles. The maximum atomic E-state index is 12.6. The minimum absolute atomic E-state index is 0.0269. The van der Waals surface area contributed by atoms with Crippen LogP contribution >= 0.6 is 0 Å². The number of ether oxygens (including phenoxy) is 1. The van der Waals surface area contributed by atoms with Crippen molar-refractivity contribution in [1.29, 1.82) is 0 Å². The number of likely N-dealkylation sites (tertiary alicyclic amines) is 1. The van der Waals surface area contributed by atoms with Crippen LogP contribution in [0.3, 0.4) is 0 Å². The first kappa shape index (κ1) is 17.7. The van der Waals surface area contributed by atoms with E-state index in [0.717, 1.165) is 50.5 Å². The molecule has 0 unspecified atom stereocenters. The number of imidazole rings is 1. The largest absolute Gasteiger partial charge is 0.468 e. The lowest BCUT2D eigenvalue weighted by atomic mass is 9.97. The molecule has 1 N–H and O–H groups in total. The van der Waals surface area contributed by atoms with E-state index in [1.807, 2.05) is 16.7 Å². The van der Waals surface area contributed by atoms with E-state index in [9.17, 15) is 4.79 Å². The van der Waals surface area contributed by atoms with Gasteiger partial charge in [-0.15, -0.1) is 0 Å². The van der Waals surface area contributed by atoms with E-state index >= 15 is 0 Å². The molecular weight excluding hydrogens is 320 g/mol. The summed E-state index contributed by atoms with van der Waals surface area (Å²) in [6, 6.07) is 3.88. The van der Waals surface area contributed by atoms with E-state index in [2.05, 4.69) is 15.2 Å². The van der Waals surface area contributed by atoms with Gasteiger partial charge in [0.1, 0.15) is 5.76 Å². The highest BCUT2D eigenvalue weighted by molar-refractivity contribution is 5.78. The summed E-state index contributed by atoms with van der Waals surface area (Å²) in [6.45, 7) is 4.41. The second-order valence-electron chi connectivity index (χ2n) is 6.44. The molecule has 1 amide bonds. The van der Waals surface area contributed by atoms with Gasteiger partial charge in [0.25, 0.3) is 0 Å². The van der Waals surface area contributed by atoms with Gasteiger partial charge in [-0.25, -0.2) is 4.98 Å². The molecule has 3 rings (SSSR count). The zero-order valence-electron chi connectivity index (χ0n) is 14.7. The summed E-state index contributed by atoms with van der Waals surface area (Å²) in [6.07, 6.45) is 7.22. The highest BCUT2D eigenvalue weighted by Crippen LogP contribution is 2.19. The van der Waals surface area contributed by atoms with E-state index in [-0.39, 0.29) is 11.8 Å². The van der Waals surface area contributed by atoms with Gasteiger partial charge in [-0.3, -0.25) is 9.69 Å². The van der Waals surface area contributed by atoms with Crippen LogP contribution in [0.2, 0.25) is 0 Å². The van der Waals surface area contributed by atoms with E-state index in [4.69, 9.17) is 9.15 Å². The zero-order valence-corrected chi connectivity index (χ0v) is 14.7. The number of carbonyl (C=O) groups excluding carboxylic acids is 1. The van der Waals surface area contributed by atoms with Crippen LogP contribution in [0.4, 0.5) is 0 Å². The van der Waals surface area contributed by atoms with Crippen molar-refractivity contribution >= 4 is 5.91 Å². The number of aromatic nitrogens is 2. The highest BCUT2D eigenvalue weighted by atomic mass is 16.5. The maximum absolute atomic E-state index is 12.6. The zero-order chi connectivity index (χ0) is 17.5. The van der Waals surface area contributed by atoms with E-state index in [1.165, 1.54) is 0 Å². The maximum Gasteiger partial charge on any atom is 0.224 e. The van der Waals surface area contributed by atoms with Gasteiger partial charge >= 0.3 is 0 Å². The summed E-state index contributed by atoms with van der Waals surface area (Å²) >= 11 is 0. The lowest BCUT2D eigenvalue weighted by molar-refractivity contribution is -0.127. The lowest BCUT2D eigenvalue weighted by Crippen LogP contribution is -2.42. The molecule has 1 fully saturated rings. The summed E-state index contributed by atoms with van der Waals surface area (Å²) < 4.78 is 12.5. The van der Waals surface area contributed by atoms with Crippen LogP contribution in [0.25, 0.3) is 0 Å². The van der Waals surface area contributed by atoms with Crippen molar-refractivity contribution in [3.05, 3.63) is 42.4 Å². The summed E-state index contributed by atoms with van der Waals surface area (Å²) in [7, 11) is 1.68. The molecule has 7 heteroatoms. The Labute approximate surface area is 148 Å². The normalized spacial score (nSPS) is 18.4. The molecule has 0 bridgehead atoms. The van der Waals surface area contributed by atoms with Gasteiger partial charge in [-0.05, 0) is 31.5 Å². The molecule has 1 aliphatic rings. The lowest BCUT2D eigenvalue weighted by Gasteiger charge is -2.31. The van der Waals surface area contributed by atoms with Gasteiger partial charge in [-0.1, -0.05) is 0 Å². The Morgan fingerprint density at radius 3 is 3.24 bits per heavy atom. The molecule has 2 aromatic rings. The molecule has 136 valence electrons. The first-order chi connectivity index (χ1) is 12.3. The average molecular weight is 346 g/mol. The molecule has 1 atom stereocenters. The second-order valence-corrected chi connectivity index (χ2v) is 6.44. The first-order valence-corrected chi connectivity index (χ1v) is 8.76. The van der Waals surface area contributed by atoms with Gasteiger partial charge in [0.05, 0.1) is 43.9 Å². The number of hydrogen-bond donors (Lipinski definition) is 1. The number of hydrogen-bond acceptors (Lipinski definition) is 5. The molecule has 0 radical (unpaired) electrons. The topological polar surface area (TPSA) is 72.5 Å². The van der Waals surface area contributed by atoms with Crippen molar-refractivity contribution in [3.8, 4) is 0 Å². The number of nitrogens with one attached hydrogen (secondary N) is 1. The van der Waals surface area contributed by atoms with Crippen LogP contribution in [-0.4, -0.2) is 47.2 Å². The van der Waals surface area contributed by atoms with E-state index < -0.39 is 0 Å². The summed E-state index contributed by atoms with van der Waals surface area (Å²) in [5.74, 6) is 1.09. The van der Waals surface area contributed by atoms with Crippen molar-refractivity contribution in [3.63, 3.8) is 0 Å². The van der Waals surface area contributed by atoms with Crippen LogP contribution in [0.15, 0.2) is 35.3 Å². The SMILES string of the molecule is COCCn1cncc1CNC(=O)[C@H]1CCCN(Cc2ccco2)C1. The van der Waals surface area contributed by atoms with Gasteiger partial charge in [0, 0.05) is 26.4 Å². The third-order valence-corrected chi connectivity index (χ3v) is 4.61. The van der Waals surface area contributed by atoms with E-state index in [1.54, 1.807) is 25.9 Å². The van der Waals surface area contributed by atoms with Crippen molar-refractivity contribution in [1.82, 2.24) is 19.8 Å². The average Bonchev–Trinajstić information content (AvgIpc) is 3.29.